The molecule has 2 N–H and O–H groups in total. The fourth-order valence-corrected chi connectivity index (χ4v) is 6.27. The minimum atomic E-state index is -0.0570. The number of halogens is 2. The van der Waals surface area contributed by atoms with Gasteiger partial charge in [0.2, 0.25) is 5.91 Å². The van der Waals surface area contributed by atoms with Gasteiger partial charge in [0, 0.05) is 41.8 Å². The maximum atomic E-state index is 12.9. The number of thiophene rings is 1. The van der Waals surface area contributed by atoms with E-state index in [0.717, 1.165) is 35.1 Å². The Morgan fingerprint density at radius 2 is 2.03 bits per heavy atom. The summed E-state index contributed by atoms with van der Waals surface area (Å²) in [5.41, 5.74) is 3.20. The van der Waals surface area contributed by atoms with Gasteiger partial charge in [-0.25, -0.2) is 4.99 Å². The average molecular weight is 535 g/mol. The van der Waals surface area contributed by atoms with Crippen LogP contribution in [0.4, 0.5) is 10.7 Å². The van der Waals surface area contributed by atoms with Crippen molar-refractivity contribution >= 4 is 57.0 Å². The number of nitrogens with zero attached hydrogens (tertiary/aromatic N) is 3. The molecule has 1 aromatic heterocycles. The highest BCUT2D eigenvalue weighted by Crippen LogP contribution is 2.40. The Hall–Kier alpha value is -2.06. The van der Waals surface area contributed by atoms with E-state index in [9.17, 15) is 4.79 Å². The van der Waals surface area contributed by atoms with Crippen molar-refractivity contribution in [1.29, 1.82) is 0 Å². The van der Waals surface area contributed by atoms with E-state index in [1.807, 2.05) is 30.0 Å². The van der Waals surface area contributed by atoms with Crippen molar-refractivity contribution in [3.63, 3.8) is 0 Å². The molecule has 9 heteroatoms. The molecular weight excluding hydrogens is 501 g/mol. The van der Waals surface area contributed by atoms with Crippen LogP contribution >= 0.6 is 34.5 Å². The number of anilines is 2. The van der Waals surface area contributed by atoms with Gasteiger partial charge in [-0.3, -0.25) is 9.69 Å². The van der Waals surface area contributed by atoms with Gasteiger partial charge in [0.05, 0.1) is 22.2 Å². The third-order valence-electron chi connectivity index (χ3n) is 6.35. The number of hydrogen-bond acceptors (Lipinski definition) is 6. The number of aliphatic imine (C=N–C) groups is 1. The molecule has 0 fully saturated rings. The van der Waals surface area contributed by atoms with Gasteiger partial charge < -0.3 is 15.5 Å². The van der Waals surface area contributed by atoms with E-state index in [-0.39, 0.29) is 12.1 Å². The summed E-state index contributed by atoms with van der Waals surface area (Å²) in [6.07, 6.45) is 4.46. The number of benzene rings is 1. The molecule has 0 bridgehead atoms. The van der Waals surface area contributed by atoms with Crippen molar-refractivity contribution in [3.8, 4) is 0 Å². The van der Waals surface area contributed by atoms with Gasteiger partial charge in [0.1, 0.15) is 17.0 Å². The van der Waals surface area contributed by atoms with Crippen LogP contribution in [0, 0.1) is 0 Å². The Morgan fingerprint density at radius 3 is 2.71 bits per heavy atom. The fourth-order valence-electron chi connectivity index (χ4n) is 4.63. The molecule has 0 spiro atoms. The van der Waals surface area contributed by atoms with Gasteiger partial charge in [-0.15, -0.1) is 11.3 Å². The molecule has 2 aliphatic heterocycles. The van der Waals surface area contributed by atoms with Gasteiger partial charge in [-0.05, 0) is 64.8 Å². The van der Waals surface area contributed by atoms with Crippen LogP contribution in [0.25, 0.3) is 0 Å². The molecule has 1 amide bonds. The van der Waals surface area contributed by atoms with Crippen LogP contribution in [0.3, 0.4) is 0 Å². The second-order valence-electron chi connectivity index (χ2n) is 9.56. The topological polar surface area (TPSA) is 60.0 Å². The number of hydrogen-bond donors (Lipinski definition) is 2. The van der Waals surface area contributed by atoms with Crippen molar-refractivity contribution in [1.82, 2.24) is 9.80 Å². The zero-order valence-corrected chi connectivity index (χ0v) is 23.2. The zero-order valence-electron chi connectivity index (χ0n) is 20.9. The number of carbonyl (C=O) groups is 1. The monoisotopic (exact) mass is 533 g/mol. The zero-order chi connectivity index (χ0) is 25.3. The molecule has 0 radical (unpaired) electrons. The quantitative estimate of drug-likeness (QED) is 0.431. The molecule has 0 saturated heterocycles. The van der Waals surface area contributed by atoms with Crippen LogP contribution in [0.2, 0.25) is 10.0 Å². The van der Waals surface area contributed by atoms with Crippen molar-refractivity contribution in [2.24, 2.45) is 4.99 Å². The Morgan fingerprint density at radius 1 is 1.29 bits per heavy atom. The molecular formula is C26H33Cl2N5OS. The highest BCUT2D eigenvalue weighted by molar-refractivity contribution is 7.16. The molecule has 188 valence electrons. The molecule has 35 heavy (non-hydrogen) atoms. The average Bonchev–Trinajstić information content (AvgIpc) is 3.15. The lowest BCUT2D eigenvalue weighted by atomic mass is 10.0. The first kappa shape index (κ1) is 26.0. The maximum absolute atomic E-state index is 12.9. The summed E-state index contributed by atoms with van der Waals surface area (Å²) in [4.78, 5) is 23.3. The molecule has 0 saturated carbocycles. The largest absolute Gasteiger partial charge is 0.355 e. The first-order chi connectivity index (χ1) is 16.6. The summed E-state index contributed by atoms with van der Waals surface area (Å²) in [5.74, 6) is 0.892. The lowest BCUT2D eigenvalue weighted by Crippen LogP contribution is -2.37. The Bertz CT molecular complexity index is 1150. The summed E-state index contributed by atoms with van der Waals surface area (Å²) in [7, 11) is 0. The highest BCUT2D eigenvalue weighted by atomic mass is 35.5. The van der Waals surface area contributed by atoms with Crippen molar-refractivity contribution < 1.29 is 4.79 Å². The smallest absolute Gasteiger partial charge is 0.246 e. The summed E-state index contributed by atoms with van der Waals surface area (Å²) >= 11 is 14.0. The second-order valence-corrected chi connectivity index (χ2v) is 11.5. The first-order valence-corrected chi connectivity index (χ1v) is 13.6. The third-order valence-corrected chi connectivity index (χ3v) is 8.24. The fraction of sp³-hybridized carbons (Fsp3) is 0.462. The predicted octanol–water partition coefficient (Wildman–Crippen LogP) is 6.24. The van der Waals surface area contributed by atoms with Crippen LogP contribution in [-0.2, 0) is 17.8 Å². The third kappa shape index (κ3) is 5.85. The molecule has 3 heterocycles. The summed E-state index contributed by atoms with van der Waals surface area (Å²) in [6.45, 7) is 12.8. The highest BCUT2D eigenvalue weighted by Gasteiger charge is 2.31. The van der Waals surface area contributed by atoms with E-state index in [2.05, 4.69) is 43.2 Å². The second kappa shape index (κ2) is 10.9. The molecule has 2 aliphatic rings. The first-order valence-electron chi connectivity index (χ1n) is 12.1. The Kier molecular flexibility index (Phi) is 8.11. The number of amides is 1. The molecule has 0 aliphatic carbocycles. The van der Waals surface area contributed by atoms with Gasteiger partial charge >= 0.3 is 0 Å². The molecule has 1 aromatic carbocycles. The minimum Gasteiger partial charge on any atom is -0.355 e. The van der Waals surface area contributed by atoms with Crippen molar-refractivity contribution in [2.45, 2.75) is 65.8 Å². The number of fused-ring (bicyclic) bond motifs is 3. The SMILES string of the molecule is CC1N=C(Nc2ccc(Cl)c(Cl)c2)c2c(sc3c2CCN(C(=O)/C=C/CN(C(C)C)C(C)C)C3)N1. The van der Waals surface area contributed by atoms with E-state index < -0.39 is 0 Å². The van der Waals surface area contributed by atoms with Gasteiger partial charge in [-0.1, -0.05) is 29.3 Å². The Labute approximate surface area is 222 Å². The standard InChI is InChI=1S/C26H33Cl2N5OS/c1-15(2)33(16(3)4)11-6-7-23(34)32-12-10-19-22(14-32)35-26-24(19)25(29-17(5)30-26)31-18-8-9-20(27)21(28)13-18/h6-9,13,15-17,30H,10-12,14H2,1-5H3,(H,29,31)/b7-6+. The van der Waals surface area contributed by atoms with Crippen LogP contribution < -0.4 is 10.6 Å². The van der Waals surface area contributed by atoms with E-state index in [1.165, 1.54) is 10.4 Å². The molecule has 4 rings (SSSR count). The van der Waals surface area contributed by atoms with Crippen LogP contribution in [0.15, 0.2) is 35.3 Å². The van der Waals surface area contributed by atoms with Gasteiger partial charge in [0.25, 0.3) is 0 Å². The van der Waals surface area contributed by atoms with E-state index >= 15 is 0 Å². The number of nitrogens with one attached hydrogen (secondary N) is 2. The van der Waals surface area contributed by atoms with E-state index in [0.29, 0.717) is 35.2 Å². The summed E-state index contributed by atoms with van der Waals surface area (Å²) in [5, 5.41) is 9.04. The number of amidine groups is 1. The maximum Gasteiger partial charge on any atom is 0.246 e. The molecule has 1 unspecified atom stereocenters. The Balaban J connectivity index is 1.49. The van der Waals surface area contributed by atoms with E-state index in [1.54, 1.807) is 23.5 Å². The molecule has 6 nitrogen and oxygen atoms in total. The van der Waals surface area contributed by atoms with Crippen molar-refractivity contribution in [3.05, 3.63) is 56.4 Å². The van der Waals surface area contributed by atoms with Gasteiger partial charge in [-0.2, -0.15) is 0 Å². The number of carbonyl (C=O) groups excluding carboxylic acids is 1. The van der Waals surface area contributed by atoms with Crippen LogP contribution in [0.1, 0.15) is 50.6 Å². The van der Waals surface area contributed by atoms with E-state index in [4.69, 9.17) is 28.2 Å². The summed E-state index contributed by atoms with van der Waals surface area (Å²) in [6, 6.07) is 6.36. The number of rotatable bonds is 6. The molecule has 1 atom stereocenters. The minimum absolute atomic E-state index is 0.0570. The molecule has 2 aromatic rings. The van der Waals surface area contributed by atoms with Gasteiger partial charge in [0.15, 0.2) is 0 Å². The summed E-state index contributed by atoms with van der Waals surface area (Å²) < 4.78 is 0. The van der Waals surface area contributed by atoms with Crippen LogP contribution in [-0.4, -0.2) is 52.9 Å². The van der Waals surface area contributed by atoms with Crippen molar-refractivity contribution in [2.75, 3.05) is 23.7 Å². The normalized spacial score (nSPS) is 17.6. The van der Waals surface area contributed by atoms with Crippen LogP contribution in [0.5, 0.6) is 0 Å². The predicted molar refractivity (Wildman–Crippen MR) is 149 cm³/mol. The lowest BCUT2D eigenvalue weighted by Gasteiger charge is -2.29. The lowest BCUT2D eigenvalue weighted by molar-refractivity contribution is -0.126.